The number of likely N-dealkylation sites (tertiary alicyclic amines) is 1. The SMILES string of the molecule is CN(Cc1nccn1Cc1ccccc1)C(=O)c1ccc(CN2CCCC2)o1. The molecular weight excluding hydrogens is 352 g/mol. The third-order valence-corrected chi connectivity index (χ3v) is 5.17. The maximum absolute atomic E-state index is 12.8. The largest absolute Gasteiger partial charge is 0.455 e. The van der Waals surface area contributed by atoms with E-state index >= 15 is 0 Å². The topological polar surface area (TPSA) is 54.5 Å². The summed E-state index contributed by atoms with van der Waals surface area (Å²) in [5.41, 5.74) is 1.20. The molecule has 1 aliphatic heterocycles. The number of amides is 1. The van der Waals surface area contributed by atoms with Gasteiger partial charge in [-0.3, -0.25) is 9.69 Å². The molecule has 0 bridgehead atoms. The lowest BCUT2D eigenvalue weighted by atomic mass is 10.2. The highest BCUT2D eigenvalue weighted by atomic mass is 16.4. The molecular formula is C22H26N4O2. The molecule has 146 valence electrons. The number of imidazole rings is 1. The second kappa shape index (κ2) is 8.44. The minimum atomic E-state index is -0.123. The lowest BCUT2D eigenvalue weighted by Crippen LogP contribution is -2.27. The van der Waals surface area contributed by atoms with E-state index in [1.807, 2.05) is 30.5 Å². The van der Waals surface area contributed by atoms with Gasteiger partial charge in [0.1, 0.15) is 11.6 Å². The van der Waals surface area contributed by atoms with Gasteiger partial charge < -0.3 is 13.9 Å². The highest BCUT2D eigenvalue weighted by Crippen LogP contribution is 2.17. The molecule has 6 nitrogen and oxygen atoms in total. The van der Waals surface area contributed by atoms with Crippen molar-refractivity contribution in [3.8, 4) is 0 Å². The molecule has 0 spiro atoms. The Morgan fingerprint density at radius 2 is 1.89 bits per heavy atom. The van der Waals surface area contributed by atoms with Crippen LogP contribution in [-0.2, 0) is 19.6 Å². The van der Waals surface area contributed by atoms with Crippen molar-refractivity contribution >= 4 is 5.91 Å². The molecule has 0 atom stereocenters. The Balaban J connectivity index is 1.38. The smallest absolute Gasteiger partial charge is 0.289 e. The molecule has 1 aromatic carbocycles. The van der Waals surface area contributed by atoms with E-state index in [-0.39, 0.29) is 5.91 Å². The number of hydrogen-bond acceptors (Lipinski definition) is 4. The molecule has 1 fully saturated rings. The molecule has 3 aromatic rings. The molecule has 0 unspecified atom stereocenters. The Morgan fingerprint density at radius 3 is 2.68 bits per heavy atom. The van der Waals surface area contributed by atoms with Crippen LogP contribution in [-0.4, -0.2) is 45.4 Å². The number of aromatic nitrogens is 2. The molecule has 0 N–H and O–H groups in total. The third-order valence-electron chi connectivity index (χ3n) is 5.17. The predicted molar refractivity (Wildman–Crippen MR) is 107 cm³/mol. The van der Waals surface area contributed by atoms with Crippen LogP contribution in [0.3, 0.4) is 0 Å². The molecule has 0 radical (unpaired) electrons. The quantitative estimate of drug-likeness (QED) is 0.632. The van der Waals surface area contributed by atoms with E-state index in [9.17, 15) is 4.79 Å². The average molecular weight is 378 g/mol. The van der Waals surface area contributed by atoms with Gasteiger partial charge in [0.2, 0.25) is 0 Å². The highest BCUT2D eigenvalue weighted by Gasteiger charge is 2.20. The van der Waals surface area contributed by atoms with Gasteiger partial charge in [0.15, 0.2) is 5.76 Å². The zero-order valence-corrected chi connectivity index (χ0v) is 16.3. The summed E-state index contributed by atoms with van der Waals surface area (Å²) in [6, 6.07) is 13.9. The summed E-state index contributed by atoms with van der Waals surface area (Å²) >= 11 is 0. The summed E-state index contributed by atoms with van der Waals surface area (Å²) in [4.78, 5) is 21.2. The lowest BCUT2D eigenvalue weighted by molar-refractivity contribution is 0.0745. The van der Waals surface area contributed by atoms with Crippen LogP contribution < -0.4 is 0 Å². The summed E-state index contributed by atoms with van der Waals surface area (Å²) in [6.45, 7) is 4.15. The minimum absolute atomic E-state index is 0.123. The van der Waals surface area contributed by atoms with E-state index in [1.165, 1.54) is 18.4 Å². The summed E-state index contributed by atoms with van der Waals surface area (Å²) in [5, 5.41) is 0. The number of hydrogen-bond donors (Lipinski definition) is 0. The van der Waals surface area contributed by atoms with Gasteiger partial charge in [-0.2, -0.15) is 0 Å². The average Bonchev–Trinajstić information content (AvgIpc) is 3.46. The van der Waals surface area contributed by atoms with Crippen molar-refractivity contribution in [3.63, 3.8) is 0 Å². The van der Waals surface area contributed by atoms with Crippen molar-refractivity contribution in [2.45, 2.75) is 32.5 Å². The van der Waals surface area contributed by atoms with Gasteiger partial charge in [0.05, 0.1) is 13.1 Å². The Labute approximate surface area is 165 Å². The van der Waals surface area contributed by atoms with Crippen molar-refractivity contribution < 1.29 is 9.21 Å². The maximum atomic E-state index is 12.8. The number of carbonyl (C=O) groups is 1. The predicted octanol–water partition coefficient (Wildman–Crippen LogP) is 3.39. The number of furan rings is 1. The van der Waals surface area contributed by atoms with Crippen LogP contribution in [0.4, 0.5) is 0 Å². The van der Waals surface area contributed by atoms with Gasteiger partial charge >= 0.3 is 0 Å². The fraction of sp³-hybridized carbons (Fsp3) is 0.364. The lowest BCUT2D eigenvalue weighted by Gasteiger charge is -2.17. The highest BCUT2D eigenvalue weighted by molar-refractivity contribution is 5.91. The van der Waals surface area contributed by atoms with Gasteiger partial charge in [-0.25, -0.2) is 4.98 Å². The fourth-order valence-electron chi connectivity index (χ4n) is 3.63. The summed E-state index contributed by atoms with van der Waals surface area (Å²) < 4.78 is 7.88. The fourth-order valence-corrected chi connectivity index (χ4v) is 3.63. The van der Waals surface area contributed by atoms with E-state index in [2.05, 4.69) is 26.6 Å². The summed E-state index contributed by atoms with van der Waals surface area (Å²) in [5.74, 6) is 1.97. The van der Waals surface area contributed by atoms with Crippen LogP contribution in [0.2, 0.25) is 0 Å². The Bertz CT molecular complexity index is 910. The van der Waals surface area contributed by atoms with Gasteiger partial charge in [0, 0.05) is 26.0 Å². The number of carbonyl (C=O) groups excluding carboxylic acids is 1. The summed E-state index contributed by atoms with van der Waals surface area (Å²) in [6.07, 6.45) is 6.20. The van der Waals surface area contributed by atoms with Crippen LogP contribution in [0, 0.1) is 0 Å². The van der Waals surface area contributed by atoms with Gasteiger partial charge in [-0.15, -0.1) is 0 Å². The molecule has 1 aliphatic rings. The van der Waals surface area contributed by atoms with Crippen LogP contribution in [0.1, 0.15) is 40.5 Å². The van der Waals surface area contributed by atoms with Crippen molar-refractivity contribution in [1.82, 2.24) is 19.4 Å². The third kappa shape index (κ3) is 4.34. The molecule has 1 amide bonds. The zero-order chi connectivity index (χ0) is 19.3. The molecule has 28 heavy (non-hydrogen) atoms. The Morgan fingerprint density at radius 1 is 1.11 bits per heavy atom. The maximum Gasteiger partial charge on any atom is 0.289 e. The number of nitrogens with zero attached hydrogens (tertiary/aromatic N) is 4. The van der Waals surface area contributed by atoms with E-state index in [1.54, 1.807) is 24.2 Å². The van der Waals surface area contributed by atoms with E-state index in [4.69, 9.17) is 4.42 Å². The molecule has 6 heteroatoms. The molecule has 0 aliphatic carbocycles. The molecule has 2 aromatic heterocycles. The Kier molecular flexibility index (Phi) is 5.58. The second-order valence-corrected chi connectivity index (χ2v) is 7.37. The monoisotopic (exact) mass is 378 g/mol. The first-order chi connectivity index (χ1) is 13.7. The van der Waals surface area contributed by atoms with Crippen molar-refractivity contribution in [2.75, 3.05) is 20.1 Å². The number of benzene rings is 1. The Hall–Kier alpha value is -2.86. The second-order valence-electron chi connectivity index (χ2n) is 7.37. The zero-order valence-electron chi connectivity index (χ0n) is 16.3. The molecule has 3 heterocycles. The van der Waals surface area contributed by atoms with Gasteiger partial charge in [-0.05, 0) is 43.6 Å². The van der Waals surface area contributed by atoms with E-state index in [0.29, 0.717) is 12.3 Å². The van der Waals surface area contributed by atoms with Crippen LogP contribution in [0.15, 0.2) is 59.3 Å². The normalized spacial score (nSPS) is 14.5. The molecule has 0 saturated carbocycles. The van der Waals surface area contributed by atoms with Crippen LogP contribution >= 0.6 is 0 Å². The first-order valence-corrected chi connectivity index (χ1v) is 9.79. The number of rotatable bonds is 7. The first-order valence-electron chi connectivity index (χ1n) is 9.79. The van der Waals surface area contributed by atoms with Crippen molar-refractivity contribution in [2.24, 2.45) is 0 Å². The first kappa shape index (κ1) is 18.5. The van der Waals surface area contributed by atoms with E-state index < -0.39 is 0 Å². The van der Waals surface area contributed by atoms with Crippen molar-refractivity contribution in [3.05, 3.63) is 77.8 Å². The molecule has 4 rings (SSSR count). The minimum Gasteiger partial charge on any atom is -0.455 e. The molecule has 1 saturated heterocycles. The standard InChI is InChI=1S/C22H26N4O2/c1-24(17-21-23-11-14-26(21)15-18-7-3-2-4-8-18)22(27)20-10-9-19(28-20)16-25-12-5-6-13-25/h2-4,7-11,14H,5-6,12-13,15-17H2,1H3. The summed E-state index contributed by atoms with van der Waals surface area (Å²) in [7, 11) is 1.78. The van der Waals surface area contributed by atoms with Crippen molar-refractivity contribution in [1.29, 1.82) is 0 Å². The van der Waals surface area contributed by atoms with Crippen LogP contribution in [0.5, 0.6) is 0 Å². The van der Waals surface area contributed by atoms with Crippen LogP contribution in [0.25, 0.3) is 0 Å². The van der Waals surface area contributed by atoms with Gasteiger partial charge in [-0.1, -0.05) is 30.3 Å². The van der Waals surface area contributed by atoms with Gasteiger partial charge in [0.25, 0.3) is 5.91 Å². The van der Waals surface area contributed by atoms with E-state index in [0.717, 1.165) is 37.8 Å².